The summed E-state index contributed by atoms with van der Waals surface area (Å²) in [5.41, 5.74) is 7.09. The maximum Gasteiger partial charge on any atom is 0.252 e. The summed E-state index contributed by atoms with van der Waals surface area (Å²) in [4.78, 5) is 13.7. The smallest absolute Gasteiger partial charge is 0.252 e. The number of hydrogen-bond donors (Lipinski definition) is 1. The average molecular weight is 266 g/mol. The van der Waals surface area contributed by atoms with E-state index in [0.29, 0.717) is 11.6 Å². The first kappa shape index (κ1) is 14.6. The molecule has 0 fully saturated rings. The molecular formula is C13H18N2O2S. The first-order chi connectivity index (χ1) is 8.56. The molecule has 1 aromatic rings. The van der Waals surface area contributed by atoms with Crippen LogP contribution in [0, 0.1) is 0 Å². The Kier molecular flexibility index (Phi) is 5.74. The Hall–Kier alpha value is -1.46. The number of nitrogens with two attached hydrogens (primary N) is 1. The molecule has 0 aliphatic carbocycles. The van der Waals surface area contributed by atoms with Gasteiger partial charge in [0.1, 0.15) is 11.6 Å². The fourth-order valence-corrected chi connectivity index (χ4v) is 1.53. The van der Waals surface area contributed by atoms with Crippen LogP contribution < -0.4 is 10.6 Å². The van der Waals surface area contributed by atoms with Crippen LogP contribution >= 0.6 is 12.2 Å². The number of benzene rings is 1. The minimum Gasteiger partial charge on any atom is -0.389 e. The Morgan fingerprint density at radius 1 is 1.39 bits per heavy atom. The quantitative estimate of drug-likeness (QED) is 0.629. The van der Waals surface area contributed by atoms with Gasteiger partial charge < -0.3 is 15.4 Å². The fraction of sp³-hybridized carbons (Fsp3) is 0.385. The van der Waals surface area contributed by atoms with Gasteiger partial charge in [-0.2, -0.15) is 0 Å². The number of rotatable bonds is 6. The highest BCUT2D eigenvalue weighted by atomic mass is 32.1. The van der Waals surface area contributed by atoms with Crippen LogP contribution in [-0.4, -0.2) is 31.2 Å². The van der Waals surface area contributed by atoms with Crippen molar-refractivity contribution in [3.63, 3.8) is 0 Å². The van der Waals surface area contributed by atoms with Crippen LogP contribution in [-0.2, 0) is 9.53 Å². The van der Waals surface area contributed by atoms with Crippen molar-refractivity contribution >= 4 is 28.8 Å². The standard InChI is InChI=1S/C13H18N2O2S/c1-3-8-17-9-12(16)15(2)11-6-4-10(5-7-11)13(14)18/h4-7H,3,8-9H2,1-2H3,(H2,14,18). The lowest BCUT2D eigenvalue weighted by molar-refractivity contribution is -0.122. The largest absolute Gasteiger partial charge is 0.389 e. The molecule has 1 rings (SSSR count). The third-order valence-electron chi connectivity index (χ3n) is 2.49. The van der Waals surface area contributed by atoms with Gasteiger partial charge in [-0.25, -0.2) is 0 Å². The van der Waals surface area contributed by atoms with E-state index in [1.54, 1.807) is 24.1 Å². The number of amides is 1. The fourth-order valence-electron chi connectivity index (χ4n) is 1.39. The van der Waals surface area contributed by atoms with E-state index >= 15 is 0 Å². The highest BCUT2D eigenvalue weighted by Gasteiger charge is 2.10. The predicted octanol–water partition coefficient (Wildman–Crippen LogP) is 1.71. The van der Waals surface area contributed by atoms with Crippen LogP contribution in [0.4, 0.5) is 5.69 Å². The number of thiocarbonyl (C=S) groups is 1. The van der Waals surface area contributed by atoms with E-state index in [9.17, 15) is 4.79 Å². The molecule has 0 bridgehead atoms. The van der Waals surface area contributed by atoms with E-state index in [2.05, 4.69) is 0 Å². The van der Waals surface area contributed by atoms with Gasteiger partial charge in [-0.3, -0.25) is 4.79 Å². The summed E-state index contributed by atoms with van der Waals surface area (Å²) in [6.45, 7) is 2.70. The summed E-state index contributed by atoms with van der Waals surface area (Å²) in [7, 11) is 1.72. The molecule has 18 heavy (non-hydrogen) atoms. The minimum absolute atomic E-state index is 0.0773. The van der Waals surface area contributed by atoms with Crippen LogP contribution in [0.1, 0.15) is 18.9 Å². The molecule has 0 aliphatic rings. The molecule has 0 spiro atoms. The average Bonchev–Trinajstić information content (AvgIpc) is 2.38. The molecule has 5 heteroatoms. The lowest BCUT2D eigenvalue weighted by Gasteiger charge is -2.17. The second-order valence-electron chi connectivity index (χ2n) is 3.92. The minimum atomic E-state index is -0.0773. The van der Waals surface area contributed by atoms with E-state index in [1.807, 2.05) is 19.1 Å². The van der Waals surface area contributed by atoms with Gasteiger partial charge in [0.25, 0.3) is 5.91 Å². The molecule has 0 saturated carbocycles. The van der Waals surface area contributed by atoms with Crippen molar-refractivity contribution in [1.82, 2.24) is 0 Å². The highest BCUT2D eigenvalue weighted by Crippen LogP contribution is 2.14. The molecule has 0 radical (unpaired) electrons. The maximum absolute atomic E-state index is 11.8. The Bertz CT molecular complexity index is 418. The first-order valence-electron chi connectivity index (χ1n) is 5.80. The molecule has 2 N–H and O–H groups in total. The van der Waals surface area contributed by atoms with Gasteiger partial charge in [0.05, 0.1) is 0 Å². The number of hydrogen-bond acceptors (Lipinski definition) is 3. The molecule has 0 unspecified atom stereocenters. The van der Waals surface area contributed by atoms with Crippen LogP contribution in [0.3, 0.4) is 0 Å². The SMILES string of the molecule is CCCOCC(=O)N(C)c1ccc(C(N)=S)cc1. The van der Waals surface area contributed by atoms with E-state index in [1.165, 1.54) is 0 Å². The van der Waals surface area contributed by atoms with E-state index in [0.717, 1.165) is 17.7 Å². The topological polar surface area (TPSA) is 55.6 Å². The van der Waals surface area contributed by atoms with Gasteiger partial charge in [0.15, 0.2) is 0 Å². The van der Waals surface area contributed by atoms with Crippen molar-refractivity contribution in [3.8, 4) is 0 Å². The molecule has 0 saturated heterocycles. The Morgan fingerprint density at radius 2 is 2.00 bits per heavy atom. The summed E-state index contributed by atoms with van der Waals surface area (Å²) in [6.07, 6.45) is 0.902. The third-order valence-corrected chi connectivity index (χ3v) is 2.72. The van der Waals surface area contributed by atoms with Crippen LogP contribution in [0.15, 0.2) is 24.3 Å². The molecule has 1 aromatic carbocycles. The van der Waals surface area contributed by atoms with Crippen LogP contribution in [0.25, 0.3) is 0 Å². The second kappa shape index (κ2) is 7.08. The molecule has 0 aliphatic heterocycles. The van der Waals surface area contributed by atoms with Crippen molar-refractivity contribution in [2.75, 3.05) is 25.2 Å². The van der Waals surface area contributed by atoms with E-state index in [4.69, 9.17) is 22.7 Å². The molecule has 0 atom stereocenters. The van der Waals surface area contributed by atoms with Crippen molar-refractivity contribution in [2.24, 2.45) is 5.73 Å². The van der Waals surface area contributed by atoms with Crippen LogP contribution in [0.2, 0.25) is 0 Å². The van der Waals surface area contributed by atoms with Gasteiger partial charge in [-0.1, -0.05) is 19.1 Å². The summed E-state index contributed by atoms with van der Waals surface area (Å²) in [5.74, 6) is -0.0773. The zero-order valence-corrected chi connectivity index (χ0v) is 11.5. The lowest BCUT2D eigenvalue weighted by atomic mass is 10.2. The summed E-state index contributed by atoms with van der Waals surface area (Å²) in [6, 6.07) is 7.22. The van der Waals surface area contributed by atoms with E-state index in [-0.39, 0.29) is 12.5 Å². The molecule has 1 amide bonds. The number of ether oxygens (including phenoxy) is 1. The molecule has 0 aromatic heterocycles. The summed E-state index contributed by atoms with van der Waals surface area (Å²) >= 11 is 4.87. The predicted molar refractivity (Wildman–Crippen MR) is 76.8 cm³/mol. The molecule has 98 valence electrons. The molecule has 4 nitrogen and oxygen atoms in total. The Balaban J connectivity index is 2.63. The number of anilines is 1. The monoisotopic (exact) mass is 266 g/mol. The normalized spacial score (nSPS) is 10.1. The summed E-state index contributed by atoms with van der Waals surface area (Å²) < 4.78 is 5.22. The van der Waals surface area contributed by atoms with Gasteiger partial charge in [0.2, 0.25) is 0 Å². The Labute approximate surface area is 113 Å². The van der Waals surface area contributed by atoms with Gasteiger partial charge in [-0.15, -0.1) is 0 Å². The van der Waals surface area contributed by atoms with Crippen LogP contribution in [0.5, 0.6) is 0 Å². The van der Waals surface area contributed by atoms with Gasteiger partial charge in [-0.05, 0) is 30.7 Å². The maximum atomic E-state index is 11.8. The third kappa shape index (κ3) is 4.09. The van der Waals surface area contributed by atoms with Crippen molar-refractivity contribution in [3.05, 3.63) is 29.8 Å². The van der Waals surface area contributed by atoms with Gasteiger partial charge in [0, 0.05) is 24.9 Å². The lowest BCUT2D eigenvalue weighted by Crippen LogP contribution is -2.30. The first-order valence-corrected chi connectivity index (χ1v) is 6.21. The zero-order chi connectivity index (χ0) is 13.5. The van der Waals surface area contributed by atoms with Crippen molar-refractivity contribution in [2.45, 2.75) is 13.3 Å². The number of carbonyl (C=O) groups is 1. The molecule has 0 heterocycles. The molecular weight excluding hydrogens is 248 g/mol. The second-order valence-corrected chi connectivity index (χ2v) is 4.36. The Morgan fingerprint density at radius 3 is 2.50 bits per heavy atom. The number of carbonyl (C=O) groups excluding carboxylic acids is 1. The van der Waals surface area contributed by atoms with Crippen molar-refractivity contribution < 1.29 is 9.53 Å². The number of nitrogens with zero attached hydrogens (tertiary/aromatic N) is 1. The zero-order valence-electron chi connectivity index (χ0n) is 10.7. The summed E-state index contributed by atoms with van der Waals surface area (Å²) in [5, 5.41) is 0. The van der Waals surface area contributed by atoms with E-state index < -0.39 is 0 Å². The van der Waals surface area contributed by atoms with Crippen molar-refractivity contribution in [1.29, 1.82) is 0 Å². The number of likely N-dealkylation sites (N-methyl/N-ethyl adjacent to an activating group) is 1. The van der Waals surface area contributed by atoms with Gasteiger partial charge >= 0.3 is 0 Å². The highest BCUT2D eigenvalue weighted by molar-refractivity contribution is 7.80.